The quantitative estimate of drug-likeness (QED) is 0.614. The van der Waals surface area contributed by atoms with Crippen molar-refractivity contribution < 1.29 is 4.39 Å². The Bertz CT molecular complexity index is 813. The molecule has 0 aliphatic rings. The van der Waals surface area contributed by atoms with Gasteiger partial charge in [0.05, 0.1) is 10.4 Å². The molecule has 2 aromatic heterocycles. The number of aryl methyl sites for hydroxylation is 2. The molecule has 0 saturated carbocycles. The van der Waals surface area contributed by atoms with E-state index < -0.39 is 0 Å². The summed E-state index contributed by atoms with van der Waals surface area (Å²) in [6.07, 6.45) is 1.62. The molecule has 108 valence electrons. The lowest BCUT2D eigenvalue weighted by Crippen LogP contribution is -1.96. The zero-order valence-corrected chi connectivity index (χ0v) is 13.4. The van der Waals surface area contributed by atoms with Crippen LogP contribution in [0.1, 0.15) is 25.0 Å². The molecule has 0 fully saturated rings. The molecular formula is C16H14ClFN2S. The van der Waals surface area contributed by atoms with Crippen molar-refractivity contribution >= 4 is 33.8 Å². The fraction of sp³-hybridized carbons (Fsp3) is 0.250. The molecule has 0 amide bonds. The minimum Gasteiger partial charge on any atom is -0.227 e. The summed E-state index contributed by atoms with van der Waals surface area (Å²) in [5.74, 6) is 0.323. The second kappa shape index (κ2) is 5.70. The van der Waals surface area contributed by atoms with Crippen LogP contribution < -0.4 is 0 Å². The monoisotopic (exact) mass is 320 g/mol. The van der Waals surface area contributed by atoms with Gasteiger partial charge in [0.15, 0.2) is 5.82 Å². The molecule has 2 heterocycles. The Labute approximate surface area is 131 Å². The molecule has 0 unspecified atom stereocenters. The number of fused-ring (bicyclic) bond motifs is 1. The molecule has 1 aromatic carbocycles. The average molecular weight is 321 g/mol. The van der Waals surface area contributed by atoms with Crippen molar-refractivity contribution in [3.63, 3.8) is 0 Å². The van der Waals surface area contributed by atoms with Gasteiger partial charge in [-0.25, -0.2) is 14.4 Å². The Hall–Kier alpha value is -1.52. The Morgan fingerprint density at radius 1 is 1.14 bits per heavy atom. The molecule has 5 heteroatoms. The maximum Gasteiger partial charge on any atom is 0.171 e. The second-order valence-corrected chi connectivity index (χ2v) is 6.06. The van der Waals surface area contributed by atoms with E-state index in [2.05, 4.69) is 23.0 Å². The molecule has 0 aliphatic heterocycles. The Balaban J connectivity index is 2.30. The lowest BCUT2D eigenvalue weighted by Gasteiger charge is -2.08. The van der Waals surface area contributed by atoms with E-state index in [0.29, 0.717) is 22.8 Å². The molecule has 0 aliphatic carbocycles. The molecule has 0 saturated heterocycles. The van der Waals surface area contributed by atoms with Crippen molar-refractivity contribution in [3.05, 3.63) is 45.7 Å². The number of nitrogens with zero attached hydrogens (tertiary/aromatic N) is 2. The maximum absolute atomic E-state index is 13.6. The number of rotatable bonds is 3. The number of halogens is 2. The van der Waals surface area contributed by atoms with Gasteiger partial charge in [-0.15, -0.1) is 11.3 Å². The van der Waals surface area contributed by atoms with Crippen molar-refractivity contribution in [2.75, 3.05) is 0 Å². The topological polar surface area (TPSA) is 25.8 Å². The van der Waals surface area contributed by atoms with Gasteiger partial charge in [-0.2, -0.15) is 0 Å². The molecule has 2 nitrogen and oxygen atoms in total. The van der Waals surface area contributed by atoms with Gasteiger partial charge in [0.25, 0.3) is 0 Å². The fourth-order valence-corrected chi connectivity index (χ4v) is 3.56. The van der Waals surface area contributed by atoms with Crippen molar-refractivity contribution in [1.82, 2.24) is 9.97 Å². The highest BCUT2D eigenvalue weighted by Crippen LogP contribution is 2.32. The van der Waals surface area contributed by atoms with Crippen LogP contribution in [0, 0.1) is 5.82 Å². The standard InChI is InChI=1S/C16H14ClFN2S/c1-3-9-5-6-21-14(9)16-19-13-10(4-2)7-11(18)8-12(13)15(17)20-16/h5-8H,3-4H2,1-2H3. The minimum absolute atomic E-state index is 0.303. The number of benzene rings is 1. The zero-order valence-electron chi connectivity index (χ0n) is 11.8. The van der Waals surface area contributed by atoms with Crippen LogP contribution in [0.5, 0.6) is 0 Å². The highest BCUT2D eigenvalue weighted by Gasteiger charge is 2.15. The Kier molecular flexibility index (Phi) is 3.91. The molecule has 3 aromatic rings. The predicted octanol–water partition coefficient (Wildman–Crippen LogP) is 5.28. The summed E-state index contributed by atoms with van der Waals surface area (Å²) >= 11 is 7.87. The summed E-state index contributed by atoms with van der Waals surface area (Å²) in [6.45, 7) is 4.08. The SMILES string of the molecule is CCc1ccsc1-c1nc(Cl)c2cc(F)cc(CC)c2n1. The van der Waals surface area contributed by atoms with Gasteiger partial charge in [-0.05, 0) is 47.5 Å². The third-order valence-electron chi connectivity index (χ3n) is 3.51. The summed E-state index contributed by atoms with van der Waals surface area (Å²) in [5.41, 5.74) is 2.80. The van der Waals surface area contributed by atoms with Gasteiger partial charge in [0.1, 0.15) is 11.0 Å². The van der Waals surface area contributed by atoms with Crippen molar-refractivity contribution in [2.45, 2.75) is 26.7 Å². The minimum atomic E-state index is -0.303. The highest BCUT2D eigenvalue weighted by atomic mass is 35.5. The van der Waals surface area contributed by atoms with Crippen molar-refractivity contribution in [2.24, 2.45) is 0 Å². The van der Waals surface area contributed by atoms with Gasteiger partial charge >= 0.3 is 0 Å². The van der Waals surface area contributed by atoms with Gasteiger partial charge in [-0.1, -0.05) is 25.4 Å². The van der Waals surface area contributed by atoms with Crippen LogP contribution in [0.2, 0.25) is 5.15 Å². The molecule has 3 rings (SSSR count). The van der Waals surface area contributed by atoms with Crippen LogP contribution in [-0.4, -0.2) is 9.97 Å². The highest BCUT2D eigenvalue weighted by molar-refractivity contribution is 7.13. The summed E-state index contributed by atoms with van der Waals surface area (Å²) in [6, 6.07) is 4.99. The molecule has 0 spiro atoms. The molecule has 21 heavy (non-hydrogen) atoms. The second-order valence-electron chi connectivity index (χ2n) is 4.78. The van der Waals surface area contributed by atoms with E-state index in [1.54, 1.807) is 11.3 Å². The summed E-state index contributed by atoms with van der Waals surface area (Å²) in [4.78, 5) is 10.0. The lowest BCUT2D eigenvalue weighted by atomic mass is 10.1. The first kappa shape index (κ1) is 14.4. The third-order valence-corrected chi connectivity index (χ3v) is 4.75. The summed E-state index contributed by atoms with van der Waals surface area (Å²) in [5, 5.41) is 2.91. The smallest absolute Gasteiger partial charge is 0.171 e. The van der Waals surface area contributed by atoms with Gasteiger partial charge < -0.3 is 0 Å². The first-order valence-corrected chi connectivity index (χ1v) is 8.12. The number of aromatic nitrogens is 2. The third kappa shape index (κ3) is 2.54. The number of hydrogen-bond donors (Lipinski definition) is 0. The average Bonchev–Trinajstić information content (AvgIpc) is 2.95. The summed E-state index contributed by atoms with van der Waals surface area (Å²) < 4.78 is 13.6. The van der Waals surface area contributed by atoms with E-state index in [-0.39, 0.29) is 5.82 Å². The number of hydrogen-bond acceptors (Lipinski definition) is 3. The van der Waals surface area contributed by atoms with Crippen LogP contribution in [0.3, 0.4) is 0 Å². The molecule has 0 bridgehead atoms. The lowest BCUT2D eigenvalue weighted by molar-refractivity contribution is 0.627. The van der Waals surface area contributed by atoms with Crippen LogP contribution in [-0.2, 0) is 12.8 Å². The van der Waals surface area contributed by atoms with E-state index in [0.717, 1.165) is 22.4 Å². The van der Waals surface area contributed by atoms with Crippen LogP contribution >= 0.6 is 22.9 Å². The fourth-order valence-electron chi connectivity index (χ4n) is 2.41. The molecule has 0 radical (unpaired) electrons. The van der Waals surface area contributed by atoms with E-state index in [1.165, 1.54) is 17.7 Å². The van der Waals surface area contributed by atoms with E-state index in [1.807, 2.05) is 12.3 Å². The van der Waals surface area contributed by atoms with Crippen LogP contribution in [0.15, 0.2) is 23.6 Å². The molecule has 0 N–H and O–H groups in total. The first-order chi connectivity index (χ1) is 10.1. The van der Waals surface area contributed by atoms with Crippen LogP contribution in [0.25, 0.3) is 21.6 Å². The molecule has 0 atom stereocenters. The van der Waals surface area contributed by atoms with Gasteiger partial charge in [0.2, 0.25) is 0 Å². The predicted molar refractivity (Wildman–Crippen MR) is 86.6 cm³/mol. The van der Waals surface area contributed by atoms with Gasteiger partial charge in [0, 0.05) is 5.39 Å². The normalized spacial score (nSPS) is 11.2. The maximum atomic E-state index is 13.6. The Morgan fingerprint density at radius 2 is 1.90 bits per heavy atom. The van der Waals surface area contributed by atoms with E-state index >= 15 is 0 Å². The van der Waals surface area contributed by atoms with Crippen molar-refractivity contribution in [3.8, 4) is 10.7 Å². The van der Waals surface area contributed by atoms with Crippen LogP contribution in [0.4, 0.5) is 4.39 Å². The number of thiophene rings is 1. The van der Waals surface area contributed by atoms with Gasteiger partial charge in [-0.3, -0.25) is 0 Å². The largest absolute Gasteiger partial charge is 0.227 e. The first-order valence-electron chi connectivity index (χ1n) is 6.86. The van der Waals surface area contributed by atoms with E-state index in [4.69, 9.17) is 11.6 Å². The molecular weight excluding hydrogens is 307 g/mol. The van der Waals surface area contributed by atoms with Crippen molar-refractivity contribution in [1.29, 1.82) is 0 Å². The Morgan fingerprint density at radius 3 is 2.62 bits per heavy atom. The zero-order chi connectivity index (χ0) is 15.0. The van der Waals surface area contributed by atoms with E-state index in [9.17, 15) is 4.39 Å². The summed E-state index contributed by atoms with van der Waals surface area (Å²) in [7, 11) is 0.